The summed E-state index contributed by atoms with van der Waals surface area (Å²) in [5, 5.41) is 0.154. The van der Waals surface area contributed by atoms with Gasteiger partial charge in [-0.25, -0.2) is 14.4 Å². The summed E-state index contributed by atoms with van der Waals surface area (Å²) in [5.74, 6) is -1.99. The van der Waals surface area contributed by atoms with Crippen LogP contribution < -0.4 is 0 Å². The molecule has 0 saturated heterocycles. The summed E-state index contributed by atoms with van der Waals surface area (Å²) in [6.45, 7) is 6.03. The molecule has 1 aromatic heterocycles. The highest BCUT2D eigenvalue weighted by atomic mass is 35.5. The lowest BCUT2D eigenvalue weighted by atomic mass is 10.1. The van der Waals surface area contributed by atoms with Crippen LogP contribution in [0.15, 0.2) is 35.2 Å². The Hall–Kier alpha value is -1.96. The summed E-state index contributed by atoms with van der Waals surface area (Å²) in [6.07, 6.45) is -1.23. The van der Waals surface area contributed by atoms with Crippen LogP contribution in [0.5, 0.6) is 0 Å². The highest BCUT2D eigenvalue weighted by molar-refractivity contribution is 6.29. The second-order valence-electron chi connectivity index (χ2n) is 4.97. The highest BCUT2D eigenvalue weighted by Gasteiger charge is 2.50. The summed E-state index contributed by atoms with van der Waals surface area (Å²) >= 11 is 5.58. The van der Waals surface area contributed by atoms with Gasteiger partial charge in [-0.15, -0.1) is 0 Å². The lowest BCUT2D eigenvalue weighted by molar-refractivity contribution is -0.252. The van der Waals surface area contributed by atoms with Crippen LogP contribution in [0.4, 0.5) is 17.6 Å². The molecular formula is C14H14ClF4N3O. The monoisotopic (exact) mass is 351 g/mol. The Balaban J connectivity index is 3.12. The van der Waals surface area contributed by atoms with E-state index in [2.05, 4.69) is 26.4 Å². The first-order valence-corrected chi connectivity index (χ1v) is 6.64. The molecule has 0 atom stereocenters. The highest BCUT2D eigenvalue weighted by Crippen LogP contribution is 2.35. The van der Waals surface area contributed by atoms with Crippen molar-refractivity contribution in [1.29, 1.82) is 0 Å². The zero-order chi connectivity index (χ0) is 17.8. The topological polar surface area (TPSA) is 47.4 Å². The molecule has 1 heterocycles. The maximum absolute atomic E-state index is 14.1. The van der Waals surface area contributed by atoms with Gasteiger partial charge in [0.15, 0.2) is 11.4 Å². The Kier molecular flexibility index (Phi) is 5.87. The van der Waals surface area contributed by atoms with E-state index >= 15 is 0 Å². The van der Waals surface area contributed by atoms with E-state index in [9.17, 15) is 17.6 Å². The first kappa shape index (κ1) is 19.1. The molecule has 0 saturated carbocycles. The van der Waals surface area contributed by atoms with Crippen LogP contribution in [-0.2, 0) is 4.74 Å². The van der Waals surface area contributed by atoms with Crippen LogP contribution in [0.1, 0.15) is 26.5 Å². The number of hydrogen-bond donors (Lipinski definition) is 0. The van der Waals surface area contributed by atoms with Gasteiger partial charge in [0, 0.05) is 0 Å². The zero-order valence-electron chi connectivity index (χ0n) is 12.6. The van der Waals surface area contributed by atoms with E-state index in [1.165, 1.54) is 19.3 Å². The number of halogens is 5. The fourth-order valence-electron chi connectivity index (χ4n) is 1.30. The van der Waals surface area contributed by atoms with Gasteiger partial charge in [0.25, 0.3) is 5.88 Å². The standard InChI is InChI=1S/C14H14ClF4N3O/c1-8(10-6-22-11(15)7-21-10)5-9(16)12(20-4)23-13(2,3)14(17,18)19/h5-7H,4H2,1-3H3/b8-5+,12-9-. The SMILES string of the molecule is C=N/C(OC(C)(C)C(F)(F)F)=C(F)\C=C(/C)c1cnc(Cl)cn1. The molecule has 126 valence electrons. The lowest BCUT2D eigenvalue weighted by Gasteiger charge is -2.28. The number of nitrogens with zero attached hydrogens (tertiary/aromatic N) is 3. The average Bonchev–Trinajstić information content (AvgIpc) is 2.44. The number of ether oxygens (including phenoxy) is 1. The van der Waals surface area contributed by atoms with Crippen LogP contribution in [0.25, 0.3) is 5.57 Å². The summed E-state index contributed by atoms with van der Waals surface area (Å²) in [5.41, 5.74) is -2.04. The molecule has 0 N–H and O–H groups in total. The van der Waals surface area contributed by atoms with Gasteiger partial charge in [-0.3, -0.25) is 4.98 Å². The number of aliphatic imine (C=N–C) groups is 1. The minimum atomic E-state index is -4.70. The normalized spacial score (nSPS) is 14.3. The largest absolute Gasteiger partial charge is 0.460 e. The van der Waals surface area contributed by atoms with Crippen LogP contribution in [0, 0.1) is 0 Å². The van der Waals surface area contributed by atoms with E-state index in [0.29, 0.717) is 11.3 Å². The van der Waals surface area contributed by atoms with Crippen LogP contribution in [0.2, 0.25) is 5.15 Å². The maximum atomic E-state index is 14.1. The van der Waals surface area contributed by atoms with E-state index in [0.717, 1.165) is 19.9 Å². The van der Waals surface area contributed by atoms with Gasteiger partial charge < -0.3 is 4.74 Å². The van der Waals surface area contributed by atoms with Crippen molar-refractivity contribution >= 4 is 23.9 Å². The molecule has 23 heavy (non-hydrogen) atoms. The van der Waals surface area contributed by atoms with E-state index in [-0.39, 0.29) is 5.15 Å². The summed E-state index contributed by atoms with van der Waals surface area (Å²) < 4.78 is 57.1. The predicted octanol–water partition coefficient (Wildman–Crippen LogP) is 4.73. The van der Waals surface area contributed by atoms with Crippen molar-refractivity contribution in [3.63, 3.8) is 0 Å². The first-order chi connectivity index (χ1) is 10.5. The first-order valence-electron chi connectivity index (χ1n) is 6.26. The van der Waals surface area contributed by atoms with Gasteiger partial charge in [0.1, 0.15) is 5.15 Å². The Morgan fingerprint density at radius 1 is 1.30 bits per heavy atom. The number of allylic oxidation sites excluding steroid dienone is 3. The molecule has 9 heteroatoms. The molecule has 0 aromatic carbocycles. The van der Waals surface area contributed by atoms with Crippen LogP contribution >= 0.6 is 11.6 Å². The Morgan fingerprint density at radius 3 is 2.35 bits per heavy atom. The van der Waals surface area contributed by atoms with Crippen molar-refractivity contribution in [3.05, 3.63) is 41.0 Å². The van der Waals surface area contributed by atoms with Crippen molar-refractivity contribution in [2.24, 2.45) is 4.99 Å². The molecule has 0 unspecified atom stereocenters. The number of rotatable bonds is 5. The third-order valence-electron chi connectivity index (χ3n) is 2.75. The minimum Gasteiger partial charge on any atom is -0.460 e. The number of hydrogen-bond acceptors (Lipinski definition) is 4. The molecule has 0 fully saturated rings. The van der Waals surface area contributed by atoms with Gasteiger partial charge >= 0.3 is 6.18 Å². The fourth-order valence-corrected chi connectivity index (χ4v) is 1.40. The third-order valence-corrected chi connectivity index (χ3v) is 2.95. The van der Waals surface area contributed by atoms with Crippen molar-refractivity contribution in [2.75, 3.05) is 0 Å². The van der Waals surface area contributed by atoms with Crippen molar-refractivity contribution in [1.82, 2.24) is 9.97 Å². The minimum absolute atomic E-state index is 0.154. The molecule has 1 rings (SSSR count). The quantitative estimate of drug-likeness (QED) is 0.333. The molecule has 0 aliphatic heterocycles. The van der Waals surface area contributed by atoms with Crippen LogP contribution in [0.3, 0.4) is 0 Å². The zero-order valence-corrected chi connectivity index (χ0v) is 13.3. The summed E-state index contributed by atoms with van der Waals surface area (Å²) in [7, 11) is 0. The van der Waals surface area contributed by atoms with Crippen molar-refractivity contribution < 1.29 is 22.3 Å². The molecule has 0 bridgehead atoms. The fraction of sp³-hybridized carbons (Fsp3) is 0.357. The Bertz CT molecular complexity index is 636. The molecular weight excluding hydrogens is 338 g/mol. The molecule has 4 nitrogen and oxygen atoms in total. The van der Waals surface area contributed by atoms with Crippen molar-refractivity contribution in [2.45, 2.75) is 32.5 Å². The van der Waals surface area contributed by atoms with Crippen molar-refractivity contribution in [3.8, 4) is 0 Å². The van der Waals surface area contributed by atoms with E-state index in [1.807, 2.05) is 0 Å². The second-order valence-corrected chi connectivity index (χ2v) is 5.36. The Morgan fingerprint density at radius 2 is 1.91 bits per heavy atom. The molecule has 0 aliphatic carbocycles. The van der Waals surface area contributed by atoms with Gasteiger partial charge in [0.05, 0.1) is 18.1 Å². The maximum Gasteiger partial charge on any atom is 0.427 e. The molecule has 1 aromatic rings. The van der Waals surface area contributed by atoms with E-state index < -0.39 is 23.5 Å². The third kappa shape index (κ3) is 5.02. The van der Waals surface area contributed by atoms with Gasteiger partial charge in [-0.05, 0) is 39.1 Å². The molecule has 0 radical (unpaired) electrons. The van der Waals surface area contributed by atoms with E-state index in [1.54, 1.807) is 0 Å². The second kappa shape index (κ2) is 7.08. The Labute approximate surface area is 135 Å². The van der Waals surface area contributed by atoms with Gasteiger partial charge in [-0.2, -0.15) is 13.2 Å². The van der Waals surface area contributed by atoms with Gasteiger partial charge in [-0.1, -0.05) is 11.6 Å². The average molecular weight is 352 g/mol. The molecule has 0 aliphatic rings. The molecule has 0 amide bonds. The smallest absolute Gasteiger partial charge is 0.427 e. The number of alkyl halides is 3. The lowest BCUT2D eigenvalue weighted by Crippen LogP contribution is -2.41. The van der Waals surface area contributed by atoms with Gasteiger partial charge in [0.2, 0.25) is 0 Å². The predicted molar refractivity (Wildman–Crippen MR) is 79.6 cm³/mol. The molecule has 0 spiro atoms. The van der Waals surface area contributed by atoms with E-state index in [4.69, 9.17) is 11.6 Å². The number of aromatic nitrogens is 2. The summed E-state index contributed by atoms with van der Waals surface area (Å²) in [6, 6.07) is 0. The van der Waals surface area contributed by atoms with Crippen LogP contribution in [-0.4, -0.2) is 28.5 Å². The summed E-state index contributed by atoms with van der Waals surface area (Å²) in [4.78, 5) is 10.9.